The van der Waals surface area contributed by atoms with Crippen molar-refractivity contribution in [2.75, 3.05) is 18.6 Å². The molecule has 0 radical (unpaired) electrons. The van der Waals surface area contributed by atoms with Crippen LogP contribution in [0.5, 0.6) is 0 Å². The topological polar surface area (TPSA) is 220 Å². The van der Waals surface area contributed by atoms with Gasteiger partial charge in [0, 0.05) is 6.42 Å². The van der Waals surface area contributed by atoms with E-state index in [1.807, 2.05) is 6.26 Å². The molecule has 10 N–H and O–H groups in total. The maximum atomic E-state index is 12.9. The van der Waals surface area contributed by atoms with Gasteiger partial charge in [0.25, 0.3) is 0 Å². The second-order valence-corrected chi connectivity index (χ2v) is 8.35. The number of aliphatic carboxylic acids is 1. The highest BCUT2D eigenvalue weighted by Gasteiger charge is 2.29. The van der Waals surface area contributed by atoms with Crippen molar-refractivity contribution in [2.24, 2.45) is 17.2 Å². The third kappa shape index (κ3) is 12.5. The minimum absolute atomic E-state index is 0.0369. The standard InChI is InChI=1S/C19H36N6O6S/c1-11(19(30)31)23-17(28)13(5-3-4-9-20)25-18(29)14(8-10-32-2)24-16(27)12(21)6-7-15(22)26/h11-14H,3-10,20-21H2,1-2H3,(H2,22,26)(H,23,28)(H,24,27)(H,25,29)(H,30,31). The van der Waals surface area contributed by atoms with Gasteiger partial charge in [-0.2, -0.15) is 11.8 Å². The van der Waals surface area contributed by atoms with Crippen molar-refractivity contribution < 1.29 is 29.1 Å². The van der Waals surface area contributed by atoms with E-state index in [4.69, 9.17) is 22.3 Å². The largest absolute Gasteiger partial charge is 0.480 e. The lowest BCUT2D eigenvalue weighted by atomic mass is 10.1. The molecule has 0 saturated heterocycles. The third-order valence-corrected chi connectivity index (χ3v) is 5.24. The Morgan fingerprint density at radius 2 is 1.47 bits per heavy atom. The Bertz CT molecular complexity index is 650. The number of primary amides is 1. The molecule has 0 aliphatic heterocycles. The van der Waals surface area contributed by atoms with Crippen LogP contribution in [0.15, 0.2) is 0 Å². The highest BCUT2D eigenvalue weighted by molar-refractivity contribution is 7.98. The Labute approximate surface area is 192 Å². The van der Waals surface area contributed by atoms with Crippen molar-refractivity contribution >= 4 is 41.4 Å². The van der Waals surface area contributed by atoms with Gasteiger partial charge < -0.3 is 38.3 Å². The number of hydrogen-bond donors (Lipinski definition) is 7. The molecule has 184 valence electrons. The first-order valence-corrected chi connectivity index (χ1v) is 11.8. The summed E-state index contributed by atoms with van der Waals surface area (Å²) in [6.45, 7) is 1.72. The Balaban J connectivity index is 5.26. The molecule has 32 heavy (non-hydrogen) atoms. The maximum absolute atomic E-state index is 12.9. The van der Waals surface area contributed by atoms with Crippen molar-refractivity contribution in [3.05, 3.63) is 0 Å². The van der Waals surface area contributed by atoms with Crippen molar-refractivity contribution in [1.29, 1.82) is 0 Å². The molecule has 0 bridgehead atoms. The molecule has 13 heteroatoms. The van der Waals surface area contributed by atoms with Gasteiger partial charge in [-0.1, -0.05) is 0 Å². The summed E-state index contributed by atoms with van der Waals surface area (Å²) >= 11 is 1.47. The molecule has 4 amide bonds. The average molecular weight is 477 g/mol. The molecule has 0 heterocycles. The Hall–Kier alpha value is -2.38. The van der Waals surface area contributed by atoms with Gasteiger partial charge >= 0.3 is 5.97 Å². The molecule has 0 rings (SSSR count). The van der Waals surface area contributed by atoms with E-state index in [-0.39, 0.29) is 25.7 Å². The molecule has 0 aromatic heterocycles. The van der Waals surface area contributed by atoms with Gasteiger partial charge in [-0.15, -0.1) is 0 Å². The molecule has 0 saturated carbocycles. The Morgan fingerprint density at radius 3 is 2.00 bits per heavy atom. The average Bonchev–Trinajstić information content (AvgIpc) is 2.73. The molecule has 0 aliphatic carbocycles. The Kier molecular flexibility index (Phi) is 15.1. The minimum atomic E-state index is -1.21. The van der Waals surface area contributed by atoms with Crippen LogP contribution in [0, 0.1) is 0 Å². The van der Waals surface area contributed by atoms with E-state index in [1.54, 1.807) is 0 Å². The molecule has 4 atom stereocenters. The fourth-order valence-electron chi connectivity index (χ4n) is 2.62. The monoisotopic (exact) mass is 476 g/mol. The van der Waals surface area contributed by atoms with E-state index in [1.165, 1.54) is 18.7 Å². The second kappa shape index (κ2) is 16.3. The SMILES string of the molecule is CSCCC(NC(=O)C(N)CCC(N)=O)C(=O)NC(CCCCN)C(=O)NC(C)C(=O)O. The lowest BCUT2D eigenvalue weighted by Crippen LogP contribution is -2.57. The van der Waals surface area contributed by atoms with Gasteiger partial charge in [-0.05, 0) is 57.6 Å². The van der Waals surface area contributed by atoms with E-state index >= 15 is 0 Å². The van der Waals surface area contributed by atoms with E-state index in [0.29, 0.717) is 25.1 Å². The summed E-state index contributed by atoms with van der Waals surface area (Å²) in [5.41, 5.74) is 16.3. The number of nitrogens with one attached hydrogen (secondary N) is 3. The first-order chi connectivity index (χ1) is 15.0. The lowest BCUT2D eigenvalue weighted by Gasteiger charge is -2.24. The number of carbonyl (C=O) groups is 5. The zero-order valence-electron chi connectivity index (χ0n) is 18.6. The number of carboxylic acids is 1. The number of carboxylic acid groups (broad SMARTS) is 1. The van der Waals surface area contributed by atoms with Crippen LogP contribution in [0.2, 0.25) is 0 Å². The van der Waals surface area contributed by atoms with Crippen LogP contribution in [0.1, 0.15) is 45.4 Å². The zero-order chi connectivity index (χ0) is 24.7. The van der Waals surface area contributed by atoms with Crippen LogP contribution < -0.4 is 33.2 Å². The van der Waals surface area contributed by atoms with Gasteiger partial charge in [0.1, 0.15) is 18.1 Å². The first-order valence-electron chi connectivity index (χ1n) is 10.4. The van der Waals surface area contributed by atoms with Gasteiger partial charge in [-0.3, -0.25) is 24.0 Å². The second-order valence-electron chi connectivity index (χ2n) is 7.37. The molecular formula is C19H36N6O6S. The van der Waals surface area contributed by atoms with E-state index in [9.17, 15) is 24.0 Å². The van der Waals surface area contributed by atoms with Crippen molar-refractivity contribution in [1.82, 2.24) is 16.0 Å². The minimum Gasteiger partial charge on any atom is -0.480 e. The lowest BCUT2D eigenvalue weighted by molar-refractivity contribution is -0.141. The number of carbonyl (C=O) groups excluding carboxylic acids is 4. The summed E-state index contributed by atoms with van der Waals surface area (Å²) in [5.74, 6) is -3.10. The smallest absolute Gasteiger partial charge is 0.325 e. The fourth-order valence-corrected chi connectivity index (χ4v) is 3.09. The molecular weight excluding hydrogens is 440 g/mol. The van der Waals surface area contributed by atoms with E-state index in [0.717, 1.165) is 0 Å². The normalized spacial score (nSPS) is 14.5. The van der Waals surface area contributed by atoms with Crippen LogP contribution in [0.4, 0.5) is 0 Å². The van der Waals surface area contributed by atoms with E-state index < -0.39 is 53.8 Å². The number of hydrogen-bond acceptors (Lipinski definition) is 8. The molecule has 0 aliphatic rings. The van der Waals surface area contributed by atoms with Crippen molar-refractivity contribution in [3.8, 4) is 0 Å². The molecule has 0 spiro atoms. The quantitative estimate of drug-likeness (QED) is 0.115. The molecule has 12 nitrogen and oxygen atoms in total. The van der Waals surface area contributed by atoms with Crippen LogP contribution in [0.25, 0.3) is 0 Å². The van der Waals surface area contributed by atoms with Gasteiger partial charge in [0.2, 0.25) is 23.6 Å². The first kappa shape index (κ1) is 29.6. The summed E-state index contributed by atoms with van der Waals surface area (Å²) in [6.07, 6.45) is 3.50. The number of thioether (sulfide) groups is 1. The van der Waals surface area contributed by atoms with E-state index in [2.05, 4.69) is 16.0 Å². The summed E-state index contributed by atoms with van der Waals surface area (Å²) in [4.78, 5) is 59.7. The number of amides is 4. The zero-order valence-corrected chi connectivity index (χ0v) is 19.4. The fraction of sp³-hybridized carbons (Fsp3) is 0.737. The molecule has 4 unspecified atom stereocenters. The highest BCUT2D eigenvalue weighted by Crippen LogP contribution is 2.06. The third-order valence-electron chi connectivity index (χ3n) is 4.59. The number of nitrogens with two attached hydrogens (primary N) is 3. The van der Waals surface area contributed by atoms with Crippen molar-refractivity contribution in [2.45, 2.75) is 69.6 Å². The predicted molar refractivity (Wildman–Crippen MR) is 121 cm³/mol. The molecule has 0 aromatic carbocycles. The summed E-state index contributed by atoms with van der Waals surface area (Å²) < 4.78 is 0. The van der Waals surface area contributed by atoms with Gasteiger partial charge in [0.05, 0.1) is 6.04 Å². The van der Waals surface area contributed by atoms with Crippen molar-refractivity contribution in [3.63, 3.8) is 0 Å². The van der Waals surface area contributed by atoms with Crippen LogP contribution >= 0.6 is 11.8 Å². The van der Waals surface area contributed by atoms with Crippen LogP contribution in [-0.4, -0.2) is 77.4 Å². The summed E-state index contributed by atoms with van der Waals surface area (Å²) in [6, 6.07) is -4.11. The predicted octanol–water partition coefficient (Wildman–Crippen LogP) is -1.98. The maximum Gasteiger partial charge on any atom is 0.325 e. The van der Waals surface area contributed by atoms with Crippen LogP contribution in [-0.2, 0) is 24.0 Å². The van der Waals surface area contributed by atoms with Gasteiger partial charge in [-0.25, -0.2) is 0 Å². The molecule has 0 fully saturated rings. The summed E-state index contributed by atoms with van der Waals surface area (Å²) in [5, 5.41) is 16.5. The molecule has 0 aromatic rings. The van der Waals surface area contributed by atoms with Crippen LogP contribution in [0.3, 0.4) is 0 Å². The van der Waals surface area contributed by atoms with Gasteiger partial charge in [0.15, 0.2) is 0 Å². The Morgan fingerprint density at radius 1 is 0.906 bits per heavy atom. The summed E-state index contributed by atoms with van der Waals surface area (Å²) in [7, 11) is 0. The number of rotatable bonds is 17. The highest BCUT2D eigenvalue weighted by atomic mass is 32.2. The number of unbranched alkanes of at least 4 members (excludes halogenated alkanes) is 1.